The summed E-state index contributed by atoms with van der Waals surface area (Å²) in [7, 11) is 0. The van der Waals surface area contributed by atoms with Crippen LogP contribution in [0, 0.1) is 5.92 Å². The lowest BCUT2D eigenvalue weighted by Gasteiger charge is -2.27. The van der Waals surface area contributed by atoms with Crippen molar-refractivity contribution in [2.45, 2.75) is 6.42 Å². The third-order valence-electron chi connectivity index (χ3n) is 3.06. The van der Waals surface area contributed by atoms with Gasteiger partial charge in [-0.05, 0) is 43.1 Å². The van der Waals surface area contributed by atoms with Gasteiger partial charge >= 0.3 is 0 Å². The minimum Gasteiger partial charge on any atom is -0.316 e. The van der Waals surface area contributed by atoms with Gasteiger partial charge in [0, 0.05) is 11.8 Å². The van der Waals surface area contributed by atoms with Crippen molar-refractivity contribution in [3.8, 4) is 0 Å². The number of hydrogen-bond donors (Lipinski definition) is 1. The summed E-state index contributed by atoms with van der Waals surface area (Å²) in [6.07, 6.45) is 2.77. The summed E-state index contributed by atoms with van der Waals surface area (Å²) in [6, 6.07) is 6.03. The summed E-state index contributed by atoms with van der Waals surface area (Å²) < 4.78 is 0. The number of amides is 1. The van der Waals surface area contributed by atoms with Crippen molar-refractivity contribution in [1.29, 1.82) is 0 Å². The van der Waals surface area contributed by atoms with Gasteiger partial charge in [-0.2, -0.15) is 0 Å². The minimum atomic E-state index is -0.109. The topological polar surface area (TPSA) is 41.5 Å². The molecule has 2 heterocycles. The van der Waals surface area contributed by atoms with Crippen molar-refractivity contribution in [2.75, 3.05) is 13.1 Å². The zero-order valence-corrected chi connectivity index (χ0v) is 8.36. The molecule has 15 heavy (non-hydrogen) atoms. The smallest absolute Gasteiger partial charge is 0.277 e. The molecule has 1 saturated heterocycles. The fourth-order valence-corrected chi connectivity index (χ4v) is 2.06. The van der Waals surface area contributed by atoms with Crippen molar-refractivity contribution in [3.63, 3.8) is 0 Å². The largest absolute Gasteiger partial charge is 0.316 e. The molecule has 0 radical (unpaired) electrons. The third kappa shape index (κ3) is 1.49. The van der Waals surface area contributed by atoms with Crippen molar-refractivity contribution in [1.82, 2.24) is 5.32 Å². The number of hydrogen-bond acceptors (Lipinski definition) is 2. The van der Waals surface area contributed by atoms with Crippen LogP contribution in [0.3, 0.4) is 0 Å². The highest BCUT2D eigenvalue weighted by atomic mass is 16.1. The number of fused-ring (bicyclic) bond motifs is 1. The van der Waals surface area contributed by atoms with E-state index in [1.165, 1.54) is 5.56 Å². The normalized spacial score (nSPS) is 19.1. The molecule has 0 aliphatic carbocycles. The maximum Gasteiger partial charge on any atom is 0.277 e. The SMILES string of the molecule is O=C1N=Cc2cc(CC3CNC3)ccc21. The van der Waals surface area contributed by atoms with E-state index >= 15 is 0 Å². The molecule has 1 fully saturated rings. The second-order valence-electron chi connectivity index (χ2n) is 4.21. The Morgan fingerprint density at radius 3 is 3.00 bits per heavy atom. The van der Waals surface area contributed by atoms with Crippen LogP contribution < -0.4 is 5.32 Å². The minimum absolute atomic E-state index is 0.109. The monoisotopic (exact) mass is 200 g/mol. The van der Waals surface area contributed by atoms with Gasteiger partial charge in [0.2, 0.25) is 0 Å². The first kappa shape index (κ1) is 8.80. The summed E-state index contributed by atoms with van der Waals surface area (Å²) in [6.45, 7) is 2.23. The Hall–Kier alpha value is -1.48. The molecule has 1 aromatic rings. The molecule has 2 aliphatic rings. The van der Waals surface area contributed by atoms with Gasteiger partial charge < -0.3 is 5.32 Å². The molecular formula is C12H12N2O. The first-order chi connectivity index (χ1) is 7.33. The van der Waals surface area contributed by atoms with E-state index in [-0.39, 0.29) is 5.91 Å². The van der Waals surface area contributed by atoms with Crippen LogP contribution >= 0.6 is 0 Å². The van der Waals surface area contributed by atoms with E-state index in [0.717, 1.165) is 36.6 Å². The Morgan fingerprint density at radius 2 is 2.27 bits per heavy atom. The van der Waals surface area contributed by atoms with E-state index in [1.807, 2.05) is 12.1 Å². The molecule has 3 nitrogen and oxygen atoms in total. The molecule has 3 rings (SSSR count). The van der Waals surface area contributed by atoms with E-state index in [1.54, 1.807) is 6.21 Å². The number of rotatable bonds is 2. The highest BCUT2D eigenvalue weighted by Crippen LogP contribution is 2.19. The van der Waals surface area contributed by atoms with Crippen molar-refractivity contribution < 1.29 is 4.79 Å². The molecule has 76 valence electrons. The van der Waals surface area contributed by atoms with Crippen LogP contribution in [-0.4, -0.2) is 25.2 Å². The van der Waals surface area contributed by atoms with Gasteiger partial charge in [-0.25, -0.2) is 4.99 Å². The van der Waals surface area contributed by atoms with Gasteiger partial charge in [-0.3, -0.25) is 4.79 Å². The Bertz CT molecular complexity index is 447. The molecule has 0 unspecified atom stereocenters. The maximum atomic E-state index is 11.3. The van der Waals surface area contributed by atoms with Crippen molar-refractivity contribution in [3.05, 3.63) is 34.9 Å². The maximum absolute atomic E-state index is 11.3. The number of carbonyl (C=O) groups is 1. The predicted octanol–water partition coefficient (Wildman–Crippen LogP) is 1.02. The molecule has 3 heteroatoms. The molecule has 0 atom stereocenters. The van der Waals surface area contributed by atoms with E-state index in [9.17, 15) is 4.79 Å². The average molecular weight is 200 g/mol. The number of nitrogens with zero attached hydrogens (tertiary/aromatic N) is 1. The van der Waals surface area contributed by atoms with E-state index < -0.39 is 0 Å². The highest BCUT2D eigenvalue weighted by Gasteiger charge is 2.19. The number of benzene rings is 1. The first-order valence-corrected chi connectivity index (χ1v) is 5.25. The number of carbonyl (C=O) groups excluding carboxylic acids is 1. The molecule has 0 aromatic heterocycles. The third-order valence-corrected chi connectivity index (χ3v) is 3.06. The molecule has 0 saturated carbocycles. The Labute approximate surface area is 88.2 Å². The van der Waals surface area contributed by atoms with Gasteiger partial charge in [0.1, 0.15) is 0 Å². The zero-order valence-electron chi connectivity index (χ0n) is 8.36. The fourth-order valence-electron chi connectivity index (χ4n) is 2.06. The van der Waals surface area contributed by atoms with Gasteiger partial charge in [0.25, 0.3) is 5.91 Å². The lowest BCUT2D eigenvalue weighted by Crippen LogP contribution is -2.43. The summed E-state index contributed by atoms with van der Waals surface area (Å²) in [5.74, 6) is 0.652. The van der Waals surface area contributed by atoms with Gasteiger partial charge in [-0.1, -0.05) is 6.07 Å². The fraction of sp³-hybridized carbons (Fsp3) is 0.333. The Kier molecular flexibility index (Phi) is 1.92. The van der Waals surface area contributed by atoms with Crippen LogP contribution in [0.25, 0.3) is 0 Å². The highest BCUT2D eigenvalue weighted by molar-refractivity contribution is 6.12. The summed E-state index contributed by atoms with van der Waals surface area (Å²) >= 11 is 0. The first-order valence-electron chi connectivity index (χ1n) is 5.25. The quantitative estimate of drug-likeness (QED) is 0.774. The standard InChI is InChI=1S/C12H12N2O/c15-12-11-2-1-8(3-9-5-13-6-9)4-10(11)7-14-12/h1-2,4,7,9,13H,3,5-6H2. The van der Waals surface area contributed by atoms with E-state index in [4.69, 9.17) is 0 Å². The lowest BCUT2D eigenvalue weighted by atomic mass is 9.93. The van der Waals surface area contributed by atoms with Crippen molar-refractivity contribution >= 4 is 12.1 Å². The van der Waals surface area contributed by atoms with Gasteiger partial charge in [0.05, 0.1) is 5.56 Å². The lowest BCUT2D eigenvalue weighted by molar-refractivity contribution is 0.101. The molecule has 0 spiro atoms. The van der Waals surface area contributed by atoms with Crippen LogP contribution in [0.4, 0.5) is 0 Å². The molecular weight excluding hydrogens is 188 g/mol. The van der Waals surface area contributed by atoms with Crippen LogP contribution in [0.2, 0.25) is 0 Å². The summed E-state index contributed by atoms with van der Waals surface area (Å²) in [5, 5.41) is 3.26. The van der Waals surface area contributed by atoms with Crippen LogP contribution in [0.1, 0.15) is 21.5 Å². The molecule has 0 bridgehead atoms. The molecule has 1 amide bonds. The Balaban J connectivity index is 1.85. The van der Waals surface area contributed by atoms with Crippen LogP contribution in [-0.2, 0) is 6.42 Å². The number of aliphatic imine (C=N–C) groups is 1. The predicted molar refractivity (Wildman–Crippen MR) is 58.4 cm³/mol. The van der Waals surface area contributed by atoms with Gasteiger partial charge in [-0.15, -0.1) is 0 Å². The molecule has 1 aromatic carbocycles. The molecule has 2 aliphatic heterocycles. The van der Waals surface area contributed by atoms with Crippen molar-refractivity contribution in [2.24, 2.45) is 10.9 Å². The van der Waals surface area contributed by atoms with E-state index in [2.05, 4.69) is 16.4 Å². The van der Waals surface area contributed by atoms with Crippen LogP contribution in [0.15, 0.2) is 23.2 Å². The summed E-state index contributed by atoms with van der Waals surface area (Å²) in [4.78, 5) is 15.0. The van der Waals surface area contributed by atoms with Gasteiger partial charge in [0.15, 0.2) is 0 Å². The zero-order chi connectivity index (χ0) is 10.3. The second kappa shape index (κ2) is 3.28. The summed E-state index contributed by atoms with van der Waals surface area (Å²) in [5.41, 5.74) is 3.02. The average Bonchev–Trinajstić information content (AvgIpc) is 2.54. The van der Waals surface area contributed by atoms with Crippen LogP contribution in [0.5, 0.6) is 0 Å². The van der Waals surface area contributed by atoms with E-state index in [0.29, 0.717) is 0 Å². The number of nitrogens with one attached hydrogen (secondary N) is 1. The second-order valence-corrected chi connectivity index (χ2v) is 4.21. The Morgan fingerprint density at radius 1 is 1.40 bits per heavy atom. The molecule has 1 N–H and O–H groups in total.